The van der Waals surface area contributed by atoms with Gasteiger partial charge < -0.3 is 30.0 Å². The van der Waals surface area contributed by atoms with Gasteiger partial charge in [0.1, 0.15) is 34.8 Å². The summed E-state index contributed by atoms with van der Waals surface area (Å²) in [6.45, 7) is 9.04. The summed E-state index contributed by atoms with van der Waals surface area (Å²) in [6, 6.07) is 9.09. The third-order valence-electron chi connectivity index (χ3n) is 6.01. The number of aromatic nitrogens is 3. The van der Waals surface area contributed by atoms with Gasteiger partial charge in [-0.05, 0) is 30.7 Å². The number of nitrogens with one attached hydrogen (secondary N) is 4. The first-order valence-corrected chi connectivity index (χ1v) is 12.3. The maximum Gasteiger partial charge on any atom is 0.222 e. The van der Waals surface area contributed by atoms with E-state index in [1.807, 2.05) is 0 Å². The number of imidazole rings is 1. The number of hydrogen-bond donors (Lipinski definition) is 4. The molecule has 4 N–H and O–H groups in total. The van der Waals surface area contributed by atoms with Crippen LogP contribution in [0.3, 0.4) is 0 Å². The SMILES string of the molecule is CC(=O)Nc1cc(Oc2ccc3nc(NC(=N)/C=C(\N[C@@H]4CCOC4)C(C)(C)C)n(C)c3c2C#N)ccn1. The van der Waals surface area contributed by atoms with E-state index in [9.17, 15) is 10.1 Å². The number of fused-ring (bicyclic) bond motifs is 1. The molecule has 0 spiro atoms. The Labute approximate surface area is 221 Å². The van der Waals surface area contributed by atoms with Gasteiger partial charge in [0.05, 0.1) is 23.7 Å². The van der Waals surface area contributed by atoms with Crippen molar-refractivity contribution in [3.05, 3.63) is 47.8 Å². The van der Waals surface area contributed by atoms with Gasteiger partial charge in [0.25, 0.3) is 0 Å². The highest BCUT2D eigenvalue weighted by Crippen LogP contribution is 2.33. The van der Waals surface area contributed by atoms with E-state index in [0.717, 1.165) is 18.7 Å². The van der Waals surface area contributed by atoms with Crippen molar-refractivity contribution >= 4 is 34.5 Å². The normalized spacial score (nSPS) is 15.7. The fourth-order valence-electron chi connectivity index (χ4n) is 4.09. The number of benzene rings is 1. The van der Waals surface area contributed by atoms with Crippen molar-refractivity contribution in [1.29, 1.82) is 10.7 Å². The standard InChI is InChI=1S/C27H32N8O3/c1-16(36)31-24-12-18(8-10-30-24)38-21-7-6-20-25(19(21)14-28)35(5)26(33-20)34-23(29)13-22(27(2,3)4)32-17-9-11-37-15-17/h6-8,10,12-13,17,32H,9,11,15H2,1-5H3,(H2,29,33,34)(H,30,31,36)/b22-13-/t17-/m1/s1. The summed E-state index contributed by atoms with van der Waals surface area (Å²) in [4.78, 5) is 20.0. The van der Waals surface area contributed by atoms with Crippen LogP contribution >= 0.6 is 0 Å². The fraction of sp³-hybridized carbons (Fsp3) is 0.370. The Morgan fingerprint density at radius 3 is 2.76 bits per heavy atom. The molecule has 3 aromatic rings. The Morgan fingerprint density at radius 1 is 1.32 bits per heavy atom. The molecule has 198 valence electrons. The first-order chi connectivity index (χ1) is 18.0. The van der Waals surface area contributed by atoms with E-state index in [1.54, 1.807) is 42.0 Å². The van der Waals surface area contributed by atoms with Gasteiger partial charge in [-0.25, -0.2) is 9.97 Å². The number of rotatable bonds is 7. The third-order valence-corrected chi connectivity index (χ3v) is 6.01. The number of allylic oxidation sites excluding steroid dienone is 1. The number of carbonyl (C=O) groups is 1. The van der Waals surface area contributed by atoms with Crippen LogP contribution in [-0.2, 0) is 16.6 Å². The molecule has 1 saturated heterocycles. The van der Waals surface area contributed by atoms with Crippen LogP contribution in [0.1, 0.15) is 39.7 Å². The van der Waals surface area contributed by atoms with Crippen molar-refractivity contribution in [1.82, 2.24) is 19.9 Å². The molecule has 1 atom stereocenters. The zero-order valence-electron chi connectivity index (χ0n) is 22.2. The average Bonchev–Trinajstić information content (AvgIpc) is 3.46. The van der Waals surface area contributed by atoms with Gasteiger partial charge in [-0.15, -0.1) is 0 Å². The lowest BCUT2D eigenvalue weighted by atomic mass is 9.90. The van der Waals surface area contributed by atoms with Crippen LogP contribution in [0, 0.1) is 22.2 Å². The zero-order valence-corrected chi connectivity index (χ0v) is 22.2. The van der Waals surface area contributed by atoms with E-state index in [2.05, 4.69) is 52.8 Å². The number of nitrogens with zero attached hydrogens (tertiary/aromatic N) is 4. The van der Waals surface area contributed by atoms with Crippen molar-refractivity contribution in [3.8, 4) is 17.6 Å². The van der Waals surface area contributed by atoms with Gasteiger partial charge in [-0.2, -0.15) is 5.26 Å². The van der Waals surface area contributed by atoms with Crippen LogP contribution in [0.15, 0.2) is 42.2 Å². The van der Waals surface area contributed by atoms with Crippen LogP contribution in [0.25, 0.3) is 11.0 Å². The number of amidine groups is 1. The van der Waals surface area contributed by atoms with Gasteiger partial charge in [0, 0.05) is 44.0 Å². The number of hydrogen-bond acceptors (Lipinski definition) is 8. The Morgan fingerprint density at radius 2 is 2.11 bits per heavy atom. The molecular formula is C27H32N8O3. The van der Waals surface area contributed by atoms with Crippen LogP contribution in [0.5, 0.6) is 11.5 Å². The summed E-state index contributed by atoms with van der Waals surface area (Å²) < 4.78 is 13.2. The highest BCUT2D eigenvalue weighted by atomic mass is 16.5. The molecule has 1 aliphatic heterocycles. The maximum atomic E-state index is 11.4. The number of nitriles is 1. The van der Waals surface area contributed by atoms with E-state index in [-0.39, 0.29) is 23.2 Å². The maximum absolute atomic E-state index is 11.4. The summed E-state index contributed by atoms with van der Waals surface area (Å²) in [5.41, 5.74) is 2.17. The molecule has 4 rings (SSSR count). The molecule has 0 aliphatic carbocycles. The second-order valence-electron chi connectivity index (χ2n) is 10.1. The van der Waals surface area contributed by atoms with Crippen LogP contribution < -0.4 is 20.7 Å². The van der Waals surface area contributed by atoms with Gasteiger partial charge >= 0.3 is 0 Å². The molecule has 38 heavy (non-hydrogen) atoms. The lowest BCUT2D eigenvalue weighted by Gasteiger charge is -2.27. The largest absolute Gasteiger partial charge is 0.456 e. The first-order valence-electron chi connectivity index (χ1n) is 12.3. The van der Waals surface area contributed by atoms with Crippen molar-refractivity contribution in [2.45, 2.75) is 40.2 Å². The lowest BCUT2D eigenvalue weighted by molar-refractivity contribution is -0.114. The molecule has 0 unspecified atom stereocenters. The fourth-order valence-corrected chi connectivity index (χ4v) is 4.09. The first kappa shape index (κ1) is 26.6. The molecular weight excluding hydrogens is 484 g/mol. The third kappa shape index (κ3) is 6.10. The monoisotopic (exact) mass is 516 g/mol. The number of ether oxygens (including phenoxy) is 2. The Balaban J connectivity index is 1.60. The number of anilines is 2. The van der Waals surface area contributed by atoms with Crippen LogP contribution in [-0.4, -0.2) is 45.5 Å². The minimum Gasteiger partial charge on any atom is -0.456 e. The summed E-state index contributed by atoms with van der Waals surface area (Å²) in [7, 11) is 1.78. The number of pyridine rings is 1. The van der Waals surface area contributed by atoms with Crippen molar-refractivity contribution < 1.29 is 14.3 Å². The number of aryl methyl sites for hydroxylation is 1. The van der Waals surface area contributed by atoms with Crippen molar-refractivity contribution in [2.75, 3.05) is 23.8 Å². The Kier molecular flexibility index (Phi) is 7.64. The highest BCUT2D eigenvalue weighted by Gasteiger charge is 2.24. The van der Waals surface area contributed by atoms with Gasteiger partial charge in [0.2, 0.25) is 11.9 Å². The van der Waals surface area contributed by atoms with Gasteiger partial charge in [-0.1, -0.05) is 20.8 Å². The molecule has 1 fully saturated rings. The second kappa shape index (κ2) is 10.9. The predicted molar refractivity (Wildman–Crippen MR) is 145 cm³/mol. The van der Waals surface area contributed by atoms with Crippen LogP contribution in [0.4, 0.5) is 11.8 Å². The van der Waals surface area contributed by atoms with Gasteiger partial charge in [-0.3, -0.25) is 10.2 Å². The zero-order chi connectivity index (χ0) is 27.4. The quantitative estimate of drug-likeness (QED) is 0.268. The lowest BCUT2D eigenvalue weighted by Crippen LogP contribution is -2.35. The van der Waals surface area contributed by atoms with Gasteiger partial charge in [0.15, 0.2) is 0 Å². The van der Waals surface area contributed by atoms with E-state index >= 15 is 0 Å². The number of carbonyl (C=O) groups excluding carboxylic acids is 1. The van der Waals surface area contributed by atoms with E-state index in [0.29, 0.717) is 46.5 Å². The Hall–Kier alpha value is -4.43. The molecule has 1 aliphatic rings. The average molecular weight is 517 g/mol. The summed E-state index contributed by atoms with van der Waals surface area (Å²) in [5.74, 6) is 1.44. The van der Waals surface area contributed by atoms with E-state index in [4.69, 9.17) is 14.9 Å². The minimum atomic E-state index is -0.248. The molecule has 0 saturated carbocycles. The molecule has 1 amide bonds. The topological polar surface area (TPSA) is 150 Å². The predicted octanol–water partition coefficient (Wildman–Crippen LogP) is 4.29. The highest BCUT2D eigenvalue weighted by molar-refractivity contribution is 6.02. The molecule has 2 aromatic heterocycles. The Bertz CT molecular complexity index is 1440. The smallest absolute Gasteiger partial charge is 0.222 e. The molecule has 1 aromatic carbocycles. The summed E-state index contributed by atoms with van der Waals surface area (Å²) in [5, 5.41) is 27.8. The van der Waals surface area contributed by atoms with Crippen molar-refractivity contribution in [3.63, 3.8) is 0 Å². The molecule has 3 heterocycles. The van der Waals surface area contributed by atoms with Crippen molar-refractivity contribution in [2.24, 2.45) is 12.5 Å². The number of amides is 1. The van der Waals surface area contributed by atoms with E-state index in [1.165, 1.54) is 13.1 Å². The molecule has 11 nitrogen and oxygen atoms in total. The molecule has 0 radical (unpaired) electrons. The molecule has 11 heteroatoms. The van der Waals surface area contributed by atoms with E-state index < -0.39 is 0 Å². The summed E-state index contributed by atoms with van der Waals surface area (Å²) in [6.07, 6.45) is 4.21. The molecule has 0 bridgehead atoms. The second-order valence-corrected chi connectivity index (χ2v) is 10.1. The van der Waals surface area contributed by atoms with Crippen LogP contribution in [0.2, 0.25) is 0 Å². The summed E-state index contributed by atoms with van der Waals surface area (Å²) >= 11 is 0. The minimum absolute atomic E-state index is 0.164.